The minimum atomic E-state index is -4.93. The molecule has 0 bridgehead atoms. The van der Waals surface area contributed by atoms with Crippen molar-refractivity contribution >= 4 is 11.7 Å². The zero-order valence-corrected chi connectivity index (χ0v) is 9.95. The first kappa shape index (κ1) is 15.0. The lowest BCUT2D eigenvalue weighted by molar-refractivity contribution is -0.275. The summed E-state index contributed by atoms with van der Waals surface area (Å²) in [6.07, 6.45) is -5.24. The van der Waals surface area contributed by atoms with Gasteiger partial charge in [-0.05, 0) is 11.6 Å². The minimum Gasteiger partial charge on any atom is -0.469 e. The minimum absolute atomic E-state index is 0.0285. The van der Waals surface area contributed by atoms with Crippen LogP contribution in [0.4, 0.5) is 18.9 Å². The number of halogens is 3. The van der Waals surface area contributed by atoms with Crippen molar-refractivity contribution < 1.29 is 27.4 Å². The van der Waals surface area contributed by atoms with Crippen molar-refractivity contribution in [3.8, 4) is 5.88 Å². The van der Waals surface area contributed by atoms with E-state index in [2.05, 4.69) is 14.5 Å². The van der Waals surface area contributed by atoms with Crippen molar-refractivity contribution in [1.82, 2.24) is 4.98 Å². The Labute approximate surface area is 106 Å². The van der Waals surface area contributed by atoms with Crippen LogP contribution in [-0.4, -0.2) is 24.4 Å². The first-order valence-corrected chi connectivity index (χ1v) is 5.07. The predicted octanol–water partition coefficient (Wildman–Crippen LogP) is 0.737. The molecule has 0 saturated carbocycles. The summed E-state index contributed by atoms with van der Waals surface area (Å²) in [5.74, 6) is -1.48. The third kappa shape index (κ3) is 4.28. The summed E-state index contributed by atoms with van der Waals surface area (Å²) in [7, 11) is 1.15. The van der Waals surface area contributed by atoms with E-state index in [9.17, 15) is 18.0 Å². The number of nitrogens with two attached hydrogens (primary N) is 2. The molecule has 19 heavy (non-hydrogen) atoms. The van der Waals surface area contributed by atoms with E-state index in [1.54, 1.807) is 0 Å². The van der Waals surface area contributed by atoms with Crippen LogP contribution < -0.4 is 16.2 Å². The summed E-state index contributed by atoms with van der Waals surface area (Å²) in [5.41, 5.74) is 10.7. The number of rotatable bonds is 4. The summed E-state index contributed by atoms with van der Waals surface area (Å²) < 4.78 is 44.6. The molecule has 1 aromatic heterocycles. The highest BCUT2D eigenvalue weighted by Crippen LogP contribution is 2.29. The number of ether oxygens (including phenoxy) is 2. The number of anilines is 1. The summed E-state index contributed by atoms with van der Waals surface area (Å²) in [4.78, 5) is 14.6. The number of carbonyl (C=O) groups excluding carboxylic acids is 1. The fourth-order valence-electron chi connectivity index (χ4n) is 1.31. The summed E-state index contributed by atoms with van der Waals surface area (Å²) in [5, 5.41) is 0. The molecular weight excluding hydrogens is 267 g/mol. The Morgan fingerprint density at radius 3 is 2.58 bits per heavy atom. The van der Waals surface area contributed by atoms with Gasteiger partial charge in [-0.25, -0.2) is 4.98 Å². The topological polar surface area (TPSA) is 100 Å². The molecule has 1 aromatic rings. The van der Waals surface area contributed by atoms with Crippen LogP contribution in [0.25, 0.3) is 0 Å². The van der Waals surface area contributed by atoms with Crippen LogP contribution in [-0.2, 0) is 22.5 Å². The van der Waals surface area contributed by atoms with Crippen molar-refractivity contribution in [3.05, 3.63) is 17.3 Å². The van der Waals surface area contributed by atoms with E-state index in [4.69, 9.17) is 11.5 Å². The fourth-order valence-corrected chi connectivity index (χ4v) is 1.31. The Bertz CT molecular complexity index is 477. The molecule has 6 nitrogen and oxygen atoms in total. The Hall–Kier alpha value is -2.03. The van der Waals surface area contributed by atoms with Crippen LogP contribution in [0.3, 0.4) is 0 Å². The van der Waals surface area contributed by atoms with Gasteiger partial charge in [0.2, 0.25) is 5.88 Å². The normalized spacial score (nSPS) is 11.2. The standard InChI is InChI=1S/C10H12F3N3O3/c1-18-7(17)3-6-2-5(4-14)8(15)9(16-6)19-10(11,12)13/h2H,3-4,14-15H2,1H3. The smallest absolute Gasteiger partial charge is 0.469 e. The van der Waals surface area contributed by atoms with Gasteiger partial charge in [0, 0.05) is 6.54 Å². The van der Waals surface area contributed by atoms with Crippen LogP contribution in [0, 0.1) is 0 Å². The maximum atomic E-state index is 12.2. The molecule has 9 heteroatoms. The zero-order valence-electron chi connectivity index (χ0n) is 9.95. The van der Waals surface area contributed by atoms with Crippen molar-refractivity contribution in [3.63, 3.8) is 0 Å². The molecule has 4 N–H and O–H groups in total. The van der Waals surface area contributed by atoms with Gasteiger partial charge in [-0.3, -0.25) is 4.79 Å². The third-order valence-corrected chi connectivity index (χ3v) is 2.15. The lowest BCUT2D eigenvalue weighted by Gasteiger charge is -2.14. The van der Waals surface area contributed by atoms with Crippen molar-refractivity contribution in [2.45, 2.75) is 19.3 Å². The predicted molar refractivity (Wildman–Crippen MR) is 58.9 cm³/mol. The number of hydrogen-bond donors (Lipinski definition) is 2. The monoisotopic (exact) mass is 279 g/mol. The van der Waals surface area contributed by atoms with E-state index in [-0.39, 0.29) is 29.9 Å². The lowest BCUT2D eigenvalue weighted by Crippen LogP contribution is -2.20. The second-order valence-electron chi connectivity index (χ2n) is 3.50. The molecule has 0 amide bonds. The van der Waals surface area contributed by atoms with E-state index in [1.807, 2.05) is 0 Å². The van der Waals surface area contributed by atoms with Crippen LogP contribution >= 0.6 is 0 Å². The Morgan fingerprint density at radius 2 is 2.11 bits per heavy atom. The zero-order chi connectivity index (χ0) is 14.6. The third-order valence-electron chi connectivity index (χ3n) is 2.15. The molecule has 0 radical (unpaired) electrons. The molecule has 0 fully saturated rings. The van der Waals surface area contributed by atoms with Gasteiger partial charge in [0.15, 0.2) is 0 Å². The highest BCUT2D eigenvalue weighted by Gasteiger charge is 2.33. The number of carbonyl (C=O) groups is 1. The van der Waals surface area contributed by atoms with E-state index in [0.717, 1.165) is 7.11 Å². The summed E-state index contributed by atoms with van der Waals surface area (Å²) >= 11 is 0. The quantitative estimate of drug-likeness (QED) is 0.788. The SMILES string of the molecule is COC(=O)Cc1cc(CN)c(N)c(OC(F)(F)F)n1. The largest absolute Gasteiger partial charge is 0.574 e. The highest BCUT2D eigenvalue weighted by molar-refractivity contribution is 5.72. The average molecular weight is 279 g/mol. The van der Waals surface area contributed by atoms with Crippen LogP contribution in [0.5, 0.6) is 5.88 Å². The van der Waals surface area contributed by atoms with Crippen molar-refractivity contribution in [2.75, 3.05) is 12.8 Å². The molecule has 0 atom stereocenters. The molecule has 0 aliphatic rings. The Kier molecular flexibility index (Phi) is 4.54. The Morgan fingerprint density at radius 1 is 1.47 bits per heavy atom. The van der Waals surface area contributed by atoms with Gasteiger partial charge in [0.1, 0.15) is 0 Å². The van der Waals surface area contributed by atoms with Gasteiger partial charge >= 0.3 is 12.3 Å². The number of hydrogen-bond acceptors (Lipinski definition) is 6. The van der Waals surface area contributed by atoms with Crippen LogP contribution in [0.15, 0.2) is 6.07 Å². The van der Waals surface area contributed by atoms with Gasteiger partial charge in [-0.15, -0.1) is 13.2 Å². The van der Waals surface area contributed by atoms with E-state index in [1.165, 1.54) is 6.07 Å². The van der Waals surface area contributed by atoms with Crippen LogP contribution in [0.1, 0.15) is 11.3 Å². The average Bonchev–Trinajstić information content (AvgIpc) is 2.31. The van der Waals surface area contributed by atoms with Crippen molar-refractivity contribution in [2.24, 2.45) is 5.73 Å². The van der Waals surface area contributed by atoms with E-state index in [0.29, 0.717) is 0 Å². The number of nitrogen functional groups attached to an aromatic ring is 1. The van der Waals surface area contributed by atoms with Gasteiger partial charge in [-0.2, -0.15) is 0 Å². The highest BCUT2D eigenvalue weighted by atomic mass is 19.4. The number of pyridine rings is 1. The first-order chi connectivity index (χ1) is 8.76. The maximum absolute atomic E-state index is 12.2. The molecular formula is C10H12F3N3O3. The number of methoxy groups -OCH3 is 1. The van der Waals surface area contributed by atoms with Gasteiger partial charge < -0.3 is 20.9 Å². The van der Waals surface area contributed by atoms with E-state index >= 15 is 0 Å². The van der Waals surface area contributed by atoms with Crippen LogP contribution in [0.2, 0.25) is 0 Å². The first-order valence-electron chi connectivity index (χ1n) is 5.07. The number of alkyl halides is 3. The molecule has 0 aliphatic carbocycles. The molecule has 0 aromatic carbocycles. The Balaban J connectivity index is 3.14. The second-order valence-corrected chi connectivity index (χ2v) is 3.50. The fraction of sp³-hybridized carbons (Fsp3) is 0.400. The molecule has 0 saturated heterocycles. The van der Waals surface area contributed by atoms with E-state index < -0.39 is 18.2 Å². The van der Waals surface area contributed by atoms with Crippen molar-refractivity contribution in [1.29, 1.82) is 0 Å². The second kappa shape index (κ2) is 5.74. The molecule has 0 aliphatic heterocycles. The molecule has 0 unspecified atom stereocenters. The molecule has 1 rings (SSSR count). The molecule has 106 valence electrons. The van der Waals surface area contributed by atoms with Gasteiger partial charge in [-0.1, -0.05) is 0 Å². The number of nitrogens with zero attached hydrogens (tertiary/aromatic N) is 1. The summed E-state index contributed by atoms with van der Waals surface area (Å²) in [6, 6.07) is 1.33. The number of esters is 1. The molecule has 0 spiro atoms. The van der Waals surface area contributed by atoms with Gasteiger partial charge in [0.05, 0.1) is 24.9 Å². The number of aromatic nitrogens is 1. The maximum Gasteiger partial charge on any atom is 0.574 e. The van der Waals surface area contributed by atoms with Gasteiger partial charge in [0.25, 0.3) is 0 Å². The lowest BCUT2D eigenvalue weighted by atomic mass is 10.1. The summed E-state index contributed by atoms with van der Waals surface area (Å²) in [6.45, 7) is -0.114. The molecule has 1 heterocycles.